The number of rotatable bonds is 4. The SMILES string of the molecule is CC(Oc1cc(Br)cc(F)c1F)C(=O)c1ccc(Cl)s1. The summed E-state index contributed by atoms with van der Waals surface area (Å²) < 4.78 is 32.8. The molecule has 1 aromatic carbocycles. The predicted octanol–water partition coefficient (Wildman–Crippen LogP) is 5.09. The van der Waals surface area contributed by atoms with Gasteiger partial charge in [-0.25, -0.2) is 4.39 Å². The maximum absolute atomic E-state index is 13.6. The Morgan fingerprint density at radius 1 is 1.40 bits per heavy atom. The van der Waals surface area contributed by atoms with Crippen LogP contribution in [0, 0.1) is 11.6 Å². The van der Waals surface area contributed by atoms with Gasteiger partial charge in [-0.05, 0) is 31.2 Å². The van der Waals surface area contributed by atoms with E-state index in [-0.39, 0.29) is 11.5 Å². The topological polar surface area (TPSA) is 26.3 Å². The van der Waals surface area contributed by atoms with Crippen LogP contribution < -0.4 is 4.74 Å². The highest BCUT2D eigenvalue weighted by Gasteiger charge is 2.21. The summed E-state index contributed by atoms with van der Waals surface area (Å²) >= 11 is 9.89. The first kappa shape index (κ1) is 15.4. The molecule has 1 aromatic heterocycles. The summed E-state index contributed by atoms with van der Waals surface area (Å²) in [6.45, 7) is 1.47. The summed E-state index contributed by atoms with van der Waals surface area (Å²) in [5.41, 5.74) is 0. The zero-order valence-corrected chi connectivity index (χ0v) is 13.3. The zero-order chi connectivity index (χ0) is 14.9. The highest BCUT2D eigenvalue weighted by atomic mass is 79.9. The maximum Gasteiger partial charge on any atom is 0.212 e. The van der Waals surface area contributed by atoms with Gasteiger partial charge in [-0.15, -0.1) is 11.3 Å². The van der Waals surface area contributed by atoms with Crippen molar-refractivity contribution in [3.8, 4) is 5.75 Å². The van der Waals surface area contributed by atoms with Crippen molar-refractivity contribution in [3.05, 3.63) is 49.6 Å². The summed E-state index contributed by atoms with van der Waals surface area (Å²) in [6.07, 6.45) is -0.951. The van der Waals surface area contributed by atoms with E-state index in [9.17, 15) is 13.6 Å². The summed E-state index contributed by atoms with van der Waals surface area (Å²) in [7, 11) is 0. The highest BCUT2D eigenvalue weighted by Crippen LogP contribution is 2.28. The second-order valence-corrected chi connectivity index (χ2v) is 6.56. The smallest absolute Gasteiger partial charge is 0.212 e. The van der Waals surface area contributed by atoms with Crippen molar-refractivity contribution in [2.75, 3.05) is 0 Å². The lowest BCUT2D eigenvalue weighted by Gasteiger charge is -2.14. The standard InChI is InChI=1S/C13H8BrClF2O2S/c1-6(13(18)10-2-3-11(15)20-10)19-9-5-7(14)4-8(16)12(9)17/h2-6H,1H3. The Balaban J connectivity index is 2.20. The third kappa shape index (κ3) is 3.37. The van der Waals surface area contributed by atoms with Crippen molar-refractivity contribution in [1.82, 2.24) is 0 Å². The number of carbonyl (C=O) groups excluding carboxylic acids is 1. The van der Waals surface area contributed by atoms with Gasteiger partial charge in [0, 0.05) is 4.47 Å². The normalized spacial score (nSPS) is 12.2. The van der Waals surface area contributed by atoms with Crippen LogP contribution in [0.1, 0.15) is 16.6 Å². The number of carbonyl (C=O) groups is 1. The van der Waals surface area contributed by atoms with Crippen LogP contribution in [0.2, 0.25) is 4.34 Å². The lowest BCUT2D eigenvalue weighted by atomic mass is 10.2. The molecule has 0 amide bonds. The van der Waals surface area contributed by atoms with E-state index in [0.29, 0.717) is 13.7 Å². The monoisotopic (exact) mass is 380 g/mol. The van der Waals surface area contributed by atoms with Crippen LogP contribution in [0.4, 0.5) is 8.78 Å². The van der Waals surface area contributed by atoms with Gasteiger partial charge in [0.2, 0.25) is 11.6 Å². The third-order valence-corrected chi connectivity index (χ3v) is 4.15. The minimum absolute atomic E-state index is 0.319. The van der Waals surface area contributed by atoms with Gasteiger partial charge >= 0.3 is 0 Å². The van der Waals surface area contributed by atoms with Crippen molar-refractivity contribution in [2.24, 2.45) is 0 Å². The molecule has 0 radical (unpaired) electrons. The molecule has 0 fully saturated rings. The lowest BCUT2D eigenvalue weighted by Crippen LogP contribution is -2.23. The van der Waals surface area contributed by atoms with Gasteiger partial charge in [-0.2, -0.15) is 4.39 Å². The molecule has 1 unspecified atom stereocenters. The molecule has 106 valence electrons. The molecule has 2 rings (SSSR count). The number of halogens is 4. The quantitative estimate of drug-likeness (QED) is 0.544. The molecular formula is C13H8BrClF2O2S. The van der Waals surface area contributed by atoms with Crippen molar-refractivity contribution >= 4 is 44.7 Å². The summed E-state index contributed by atoms with van der Waals surface area (Å²) in [6, 6.07) is 5.40. The van der Waals surface area contributed by atoms with E-state index in [1.54, 1.807) is 12.1 Å². The van der Waals surface area contributed by atoms with Crippen LogP contribution in [0.15, 0.2) is 28.7 Å². The average Bonchev–Trinajstić information content (AvgIpc) is 2.81. The fourth-order valence-corrected chi connectivity index (χ4v) is 2.98. The Labute approximate surface area is 131 Å². The molecule has 0 aliphatic carbocycles. The Morgan fingerprint density at radius 2 is 2.10 bits per heavy atom. The summed E-state index contributed by atoms with van der Waals surface area (Å²) in [4.78, 5) is 12.4. The molecule has 0 spiro atoms. The summed E-state index contributed by atoms with van der Waals surface area (Å²) in [5.74, 6) is -2.84. The first-order valence-electron chi connectivity index (χ1n) is 5.49. The van der Waals surface area contributed by atoms with E-state index in [4.69, 9.17) is 16.3 Å². The fraction of sp³-hybridized carbons (Fsp3) is 0.154. The van der Waals surface area contributed by atoms with E-state index < -0.39 is 17.7 Å². The number of Topliss-reactive ketones (excluding diaryl/α,β-unsaturated/α-hetero) is 1. The maximum atomic E-state index is 13.6. The largest absolute Gasteiger partial charge is 0.479 e. The van der Waals surface area contributed by atoms with Crippen LogP contribution in [-0.4, -0.2) is 11.9 Å². The molecule has 0 saturated heterocycles. The molecule has 7 heteroatoms. The summed E-state index contributed by atoms with van der Waals surface area (Å²) in [5, 5.41) is 0. The van der Waals surface area contributed by atoms with Crippen molar-refractivity contribution in [2.45, 2.75) is 13.0 Å². The van der Waals surface area contributed by atoms with Crippen LogP contribution in [0.5, 0.6) is 5.75 Å². The highest BCUT2D eigenvalue weighted by molar-refractivity contribution is 9.10. The first-order chi connectivity index (χ1) is 9.38. The van der Waals surface area contributed by atoms with Crippen molar-refractivity contribution < 1.29 is 18.3 Å². The zero-order valence-electron chi connectivity index (χ0n) is 10.1. The Hall–Kier alpha value is -0.980. The molecule has 0 bridgehead atoms. The van der Waals surface area contributed by atoms with Gasteiger partial charge in [-0.1, -0.05) is 27.5 Å². The number of hydrogen-bond acceptors (Lipinski definition) is 3. The minimum Gasteiger partial charge on any atom is -0.479 e. The van der Waals surface area contributed by atoms with Crippen LogP contribution in [0.25, 0.3) is 0 Å². The average molecular weight is 382 g/mol. The predicted molar refractivity (Wildman–Crippen MR) is 77.8 cm³/mol. The number of ether oxygens (including phenoxy) is 1. The van der Waals surface area contributed by atoms with Gasteiger partial charge in [0.15, 0.2) is 17.7 Å². The lowest BCUT2D eigenvalue weighted by molar-refractivity contribution is 0.0815. The molecule has 2 aromatic rings. The first-order valence-corrected chi connectivity index (χ1v) is 7.48. The number of ketones is 1. The van der Waals surface area contributed by atoms with Crippen LogP contribution in [-0.2, 0) is 0 Å². The van der Waals surface area contributed by atoms with E-state index in [1.165, 1.54) is 13.0 Å². The molecule has 2 nitrogen and oxygen atoms in total. The van der Waals surface area contributed by atoms with Crippen LogP contribution >= 0.6 is 38.9 Å². The molecule has 0 saturated carbocycles. The van der Waals surface area contributed by atoms with E-state index >= 15 is 0 Å². The Kier molecular flexibility index (Phi) is 4.78. The molecule has 0 aliphatic heterocycles. The van der Waals surface area contributed by atoms with Crippen molar-refractivity contribution in [3.63, 3.8) is 0 Å². The number of benzene rings is 1. The molecule has 0 N–H and O–H groups in total. The number of thiophene rings is 1. The Bertz CT molecular complexity index is 660. The van der Waals surface area contributed by atoms with Gasteiger partial charge in [0.05, 0.1) is 9.21 Å². The Morgan fingerprint density at radius 3 is 2.70 bits per heavy atom. The van der Waals surface area contributed by atoms with Gasteiger partial charge in [-0.3, -0.25) is 4.79 Å². The second-order valence-electron chi connectivity index (χ2n) is 3.93. The third-order valence-electron chi connectivity index (χ3n) is 2.45. The second kappa shape index (κ2) is 6.20. The minimum atomic E-state index is -1.13. The molecule has 1 heterocycles. The number of hydrogen-bond donors (Lipinski definition) is 0. The molecule has 20 heavy (non-hydrogen) atoms. The van der Waals surface area contributed by atoms with Gasteiger partial charge in [0.25, 0.3) is 0 Å². The van der Waals surface area contributed by atoms with Crippen LogP contribution in [0.3, 0.4) is 0 Å². The molecule has 0 aliphatic rings. The molecular weight excluding hydrogens is 374 g/mol. The van der Waals surface area contributed by atoms with E-state index in [2.05, 4.69) is 15.9 Å². The van der Waals surface area contributed by atoms with E-state index in [1.807, 2.05) is 0 Å². The van der Waals surface area contributed by atoms with Gasteiger partial charge < -0.3 is 4.74 Å². The van der Waals surface area contributed by atoms with Gasteiger partial charge in [0.1, 0.15) is 0 Å². The molecule has 1 atom stereocenters. The fourth-order valence-electron chi connectivity index (χ4n) is 1.51. The van der Waals surface area contributed by atoms with E-state index in [0.717, 1.165) is 17.4 Å². The van der Waals surface area contributed by atoms with Crippen molar-refractivity contribution in [1.29, 1.82) is 0 Å².